The van der Waals surface area contributed by atoms with Crippen molar-refractivity contribution in [1.29, 1.82) is 0 Å². The minimum absolute atomic E-state index is 0.242. The summed E-state index contributed by atoms with van der Waals surface area (Å²) in [5, 5.41) is 2.94. The first-order valence-corrected chi connectivity index (χ1v) is 5.90. The molecule has 1 aromatic rings. The number of rotatable bonds is 0. The molecule has 0 radical (unpaired) electrons. The molecule has 0 aliphatic carbocycles. The van der Waals surface area contributed by atoms with Crippen molar-refractivity contribution < 1.29 is 8.42 Å². The predicted octanol–water partition coefficient (Wildman–Crippen LogP) is 1.11. The third-order valence-corrected chi connectivity index (χ3v) is 3.72. The Bertz CT molecular complexity index is 444. The summed E-state index contributed by atoms with van der Waals surface area (Å²) in [7, 11) is -3.29. The van der Waals surface area contributed by atoms with E-state index in [0.717, 1.165) is 4.47 Å². The molecule has 0 spiro atoms. The van der Waals surface area contributed by atoms with Crippen LogP contribution in [0.2, 0.25) is 0 Å². The molecule has 1 aliphatic rings. The van der Waals surface area contributed by atoms with E-state index >= 15 is 0 Å². The quantitative estimate of drug-likeness (QED) is 0.737. The van der Waals surface area contributed by atoms with Crippen LogP contribution >= 0.6 is 15.9 Å². The van der Waals surface area contributed by atoms with Crippen molar-refractivity contribution in [1.82, 2.24) is 4.72 Å². The molecule has 0 bridgehead atoms. The van der Waals surface area contributed by atoms with Gasteiger partial charge in [-0.25, -0.2) is 8.42 Å². The summed E-state index contributed by atoms with van der Waals surface area (Å²) in [6, 6.07) is 5.01. The molecular formula is C7H7BrN2O2S. The standard InChI is InChI=1S/C7H7BrN2O2S/c8-5-1-2-7-6(3-5)9-4-10-13(7,11)12/h1-3,9-10H,4H2. The van der Waals surface area contributed by atoms with Gasteiger partial charge in [0.05, 0.1) is 12.4 Å². The zero-order valence-corrected chi connectivity index (χ0v) is 8.94. The average Bonchev–Trinajstić information content (AvgIpc) is 2.02. The van der Waals surface area contributed by atoms with E-state index in [9.17, 15) is 8.42 Å². The molecule has 0 saturated heterocycles. The molecule has 0 atom stereocenters. The maximum Gasteiger partial charge on any atom is 0.244 e. The highest BCUT2D eigenvalue weighted by Gasteiger charge is 2.22. The van der Waals surface area contributed by atoms with Crippen LogP contribution in [0.4, 0.5) is 5.69 Å². The van der Waals surface area contributed by atoms with Gasteiger partial charge in [-0.2, -0.15) is 4.72 Å². The molecule has 70 valence electrons. The summed E-state index contributed by atoms with van der Waals surface area (Å²) >= 11 is 3.27. The molecule has 2 rings (SSSR count). The van der Waals surface area contributed by atoms with Crippen molar-refractivity contribution in [3.63, 3.8) is 0 Å². The summed E-state index contributed by atoms with van der Waals surface area (Å²) in [6.45, 7) is 0.242. The second-order valence-corrected chi connectivity index (χ2v) is 5.29. The fourth-order valence-corrected chi connectivity index (χ4v) is 2.63. The fourth-order valence-electron chi connectivity index (χ4n) is 1.18. The number of hydrogen-bond acceptors (Lipinski definition) is 3. The normalized spacial score (nSPS) is 18.8. The van der Waals surface area contributed by atoms with Gasteiger partial charge in [0.15, 0.2) is 0 Å². The highest BCUT2D eigenvalue weighted by atomic mass is 79.9. The lowest BCUT2D eigenvalue weighted by molar-refractivity contribution is 0.581. The molecule has 0 fully saturated rings. The summed E-state index contributed by atoms with van der Waals surface area (Å²) < 4.78 is 26.1. The maximum atomic E-state index is 11.4. The van der Waals surface area contributed by atoms with Gasteiger partial charge in [0, 0.05) is 4.47 Å². The number of sulfonamides is 1. The summed E-state index contributed by atoms with van der Waals surface area (Å²) in [5.74, 6) is 0. The monoisotopic (exact) mass is 262 g/mol. The molecule has 1 aromatic carbocycles. The topological polar surface area (TPSA) is 58.2 Å². The van der Waals surface area contributed by atoms with Crippen LogP contribution in [-0.2, 0) is 10.0 Å². The second-order valence-electron chi connectivity index (χ2n) is 2.64. The van der Waals surface area contributed by atoms with E-state index in [2.05, 4.69) is 26.0 Å². The van der Waals surface area contributed by atoms with Crippen molar-refractivity contribution in [3.05, 3.63) is 22.7 Å². The van der Waals surface area contributed by atoms with Crippen LogP contribution < -0.4 is 10.0 Å². The number of hydrogen-bond donors (Lipinski definition) is 2. The van der Waals surface area contributed by atoms with Crippen molar-refractivity contribution in [2.45, 2.75) is 4.90 Å². The fraction of sp³-hybridized carbons (Fsp3) is 0.143. The third kappa shape index (κ3) is 1.56. The van der Waals surface area contributed by atoms with Crippen molar-refractivity contribution in [2.24, 2.45) is 0 Å². The van der Waals surface area contributed by atoms with Gasteiger partial charge >= 0.3 is 0 Å². The molecule has 13 heavy (non-hydrogen) atoms. The smallest absolute Gasteiger partial charge is 0.244 e. The minimum atomic E-state index is -3.29. The maximum absolute atomic E-state index is 11.4. The third-order valence-electron chi connectivity index (χ3n) is 1.77. The Morgan fingerprint density at radius 3 is 2.92 bits per heavy atom. The highest BCUT2D eigenvalue weighted by Crippen LogP contribution is 2.26. The Hall–Kier alpha value is -0.590. The summed E-state index contributed by atoms with van der Waals surface area (Å²) in [5.41, 5.74) is 0.633. The molecular weight excluding hydrogens is 256 g/mol. The zero-order valence-electron chi connectivity index (χ0n) is 6.54. The van der Waals surface area contributed by atoms with Gasteiger partial charge in [0.25, 0.3) is 0 Å². The Balaban J connectivity index is 2.66. The lowest BCUT2D eigenvalue weighted by atomic mass is 10.3. The van der Waals surface area contributed by atoms with Gasteiger partial charge in [-0.05, 0) is 18.2 Å². The molecule has 0 aromatic heterocycles. The number of anilines is 1. The van der Waals surface area contributed by atoms with Crippen molar-refractivity contribution in [3.8, 4) is 0 Å². The van der Waals surface area contributed by atoms with Crippen LogP contribution in [0, 0.1) is 0 Å². The molecule has 0 unspecified atom stereocenters. The van der Waals surface area contributed by atoms with E-state index in [1.165, 1.54) is 0 Å². The lowest BCUT2D eigenvalue weighted by Crippen LogP contribution is -2.34. The van der Waals surface area contributed by atoms with E-state index < -0.39 is 10.0 Å². The average molecular weight is 263 g/mol. The Labute approximate surface area is 84.5 Å². The van der Waals surface area contributed by atoms with Crippen LogP contribution in [-0.4, -0.2) is 15.1 Å². The van der Waals surface area contributed by atoms with Crippen molar-refractivity contribution in [2.75, 3.05) is 12.0 Å². The first kappa shape index (κ1) is 8.98. The number of nitrogens with one attached hydrogen (secondary N) is 2. The Morgan fingerprint density at radius 2 is 2.15 bits per heavy atom. The summed E-state index contributed by atoms with van der Waals surface area (Å²) in [4.78, 5) is 0.293. The van der Waals surface area contributed by atoms with Gasteiger partial charge in [0.1, 0.15) is 4.90 Å². The number of benzene rings is 1. The molecule has 6 heteroatoms. The van der Waals surface area contributed by atoms with Crippen LogP contribution in [0.5, 0.6) is 0 Å². The van der Waals surface area contributed by atoms with E-state index in [1.54, 1.807) is 18.2 Å². The lowest BCUT2D eigenvalue weighted by Gasteiger charge is -2.18. The van der Waals surface area contributed by atoms with Gasteiger partial charge in [0.2, 0.25) is 10.0 Å². The largest absolute Gasteiger partial charge is 0.370 e. The Morgan fingerprint density at radius 1 is 1.38 bits per heavy atom. The zero-order chi connectivity index (χ0) is 9.47. The SMILES string of the molecule is O=S1(=O)NCNc2cc(Br)ccc21. The van der Waals surface area contributed by atoms with Crippen LogP contribution in [0.1, 0.15) is 0 Å². The van der Waals surface area contributed by atoms with E-state index in [1.807, 2.05) is 0 Å². The van der Waals surface area contributed by atoms with E-state index in [0.29, 0.717) is 10.6 Å². The highest BCUT2D eigenvalue weighted by molar-refractivity contribution is 9.10. The first-order valence-electron chi connectivity index (χ1n) is 3.63. The van der Waals surface area contributed by atoms with Crippen LogP contribution in [0.15, 0.2) is 27.6 Å². The number of halogens is 1. The van der Waals surface area contributed by atoms with Crippen molar-refractivity contribution >= 4 is 31.6 Å². The molecule has 2 N–H and O–H groups in total. The first-order chi connectivity index (χ1) is 6.09. The molecule has 4 nitrogen and oxygen atoms in total. The van der Waals surface area contributed by atoms with Crippen LogP contribution in [0.25, 0.3) is 0 Å². The van der Waals surface area contributed by atoms with E-state index in [4.69, 9.17) is 0 Å². The van der Waals surface area contributed by atoms with Gasteiger partial charge < -0.3 is 5.32 Å². The summed E-state index contributed by atoms with van der Waals surface area (Å²) in [6.07, 6.45) is 0. The molecule has 0 saturated carbocycles. The molecule has 1 aliphatic heterocycles. The second kappa shape index (κ2) is 2.97. The van der Waals surface area contributed by atoms with Gasteiger partial charge in [-0.3, -0.25) is 0 Å². The predicted molar refractivity (Wildman–Crippen MR) is 53.0 cm³/mol. The number of fused-ring (bicyclic) bond motifs is 1. The van der Waals surface area contributed by atoms with Crippen LogP contribution in [0.3, 0.4) is 0 Å². The molecule has 1 heterocycles. The molecule has 0 amide bonds. The minimum Gasteiger partial charge on any atom is -0.370 e. The van der Waals surface area contributed by atoms with E-state index in [-0.39, 0.29) is 6.67 Å². The Kier molecular flexibility index (Phi) is 2.05. The van der Waals surface area contributed by atoms with Gasteiger partial charge in [-0.15, -0.1) is 0 Å². The van der Waals surface area contributed by atoms with Gasteiger partial charge in [-0.1, -0.05) is 15.9 Å².